The van der Waals surface area contributed by atoms with Gasteiger partial charge in [0.05, 0.1) is 5.92 Å². The second kappa shape index (κ2) is 11.0. The van der Waals surface area contributed by atoms with E-state index in [0.717, 1.165) is 37.5 Å². The van der Waals surface area contributed by atoms with Crippen LogP contribution in [0.5, 0.6) is 0 Å². The predicted molar refractivity (Wildman–Crippen MR) is 117 cm³/mol. The van der Waals surface area contributed by atoms with Gasteiger partial charge < -0.3 is 5.11 Å². The largest absolute Gasteiger partial charge is 0.481 e. The number of hydrogen-bond acceptors (Lipinski definition) is 1. The zero-order valence-corrected chi connectivity index (χ0v) is 17.9. The molecular formula is C26H40O2. The summed E-state index contributed by atoms with van der Waals surface area (Å²) >= 11 is 0. The number of carbonyl (C=O) groups is 1. The number of carboxylic acids is 1. The number of carboxylic acid groups (broad SMARTS) is 1. The predicted octanol–water partition coefficient (Wildman–Crippen LogP) is 7.36. The second-order valence-corrected chi connectivity index (χ2v) is 9.55. The Hall–Kier alpha value is -1.31. The topological polar surface area (TPSA) is 37.3 Å². The second-order valence-electron chi connectivity index (χ2n) is 9.55. The lowest BCUT2D eigenvalue weighted by Crippen LogP contribution is -2.20. The van der Waals surface area contributed by atoms with Crippen molar-refractivity contribution in [3.63, 3.8) is 0 Å². The lowest BCUT2D eigenvalue weighted by Gasteiger charge is -2.28. The molecule has 1 aromatic rings. The highest BCUT2D eigenvalue weighted by atomic mass is 16.4. The summed E-state index contributed by atoms with van der Waals surface area (Å²) in [6.07, 6.45) is 17.8. The number of unbranched alkanes of at least 4 members (excludes halogenated alkanes) is 2. The molecule has 0 spiro atoms. The lowest BCUT2D eigenvalue weighted by molar-refractivity contribution is -0.142. The summed E-state index contributed by atoms with van der Waals surface area (Å²) in [6, 6.07) is 9.28. The molecule has 0 radical (unpaired) electrons. The molecule has 0 unspecified atom stereocenters. The van der Waals surface area contributed by atoms with Gasteiger partial charge in [-0.25, -0.2) is 0 Å². The monoisotopic (exact) mass is 384 g/mol. The zero-order chi connectivity index (χ0) is 19.8. The molecule has 3 rings (SSSR count). The van der Waals surface area contributed by atoms with Crippen molar-refractivity contribution < 1.29 is 9.90 Å². The summed E-state index contributed by atoms with van der Waals surface area (Å²) in [5.41, 5.74) is 2.90. The number of benzene rings is 1. The molecule has 2 fully saturated rings. The highest BCUT2D eigenvalue weighted by molar-refractivity contribution is 5.70. The Bertz CT molecular complexity index is 575. The summed E-state index contributed by atoms with van der Waals surface area (Å²) < 4.78 is 0. The van der Waals surface area contributed by atoms with Crippen molar-refractivity contribution in [3.8, 4) is 0 Å². The normalized spacial score (nSPS) is 28.2. The van der Waals surface area contributed by atoms with Crippen LogP contribution in [0.25, 0.3) is 0 Å². The van der Waals surface area contributed by atoms with E-state index in [2.05, 4.69) is 31.2 Å². The van der Waals surface area contributed by atoms with Gasteiger partial charge in [-0.2, -0.15) is 0 Å². The third-order valence-electron chi connectivity index (χ3n) is 7.55. The number of hydrogen-bond donors (Lipinski definition) is 1. The maximum absolute atomic E-state index is 11.1. The van der Waals surface area contributed by atoms with Gasteiger partial charge in [-0.15, -0.1) is 0 Å². The molecule has 1 N–H and O–H groups in total. The first-order valence-electron chi connectivity index (χ1n) is 12.0. The van der Waals surface area contributed by atoms with Crippen LogP contribution in [0.2, 0.25) is 0 Å². The molecule has 28 heavy (non-hydrogen) atoms. The summed E-state index contributed by atoms with van der Waals surface area (Å²) in [6.45, 7) is 2.30. The van der Waals surface area contributed by atoms with E-state index in [4.69, 9.17) is 5.11 Å². The minimum absolute atomic E-state index is 0.114. The molecule has 156 valence electrons. The van der Waals surface area contributed by atoms with Crippen LogP contribution in [0.3, 0.4) is 0 Å². The van der Waals surface area contributed by atoms with Crippen molar-refractivity contribution in [1.82, 2.24) is 0 Å². The van der Waals surface area contributed by atoms with Crippen LogP contribution in [0.1, 0.15) is 107 Å². The molecule has 0 aromatic heterocycles. The fourth-order valence-corrected chi connectivity index (χ4v) is 5.49. The standard InChI is InChI=1S/C26H40O2/c1-2-3-4-5-20-6-8-21(9-7-20)10-11-22-12-14-23(15-13-22)24-16-18-25(19-17-24)26(27)28/h12-15,20-21,24-25H,2-11,16-19H2,1H3,(H,27,28). The maximum atomic E-state index is 11.1. The maximum Gasteiger partial charge on any atom is 0.306 e. The summed E-state index contributed by atoms with van der Waals surface area (Å²) in [5, 5.41) is 9.16. The molecule has 2 nitrogen and oxygen atoms in total. The number of rotatable bonds is 9. The van der Waals surface area contributed by atoms with Crippen molar-refractivity contribution in [2.75, 3.05) is 0 Å². The zero-order valence-electron chi connectivity index (χ0n) is 17.9. The van der Waals surface area contributed by atoms with E-state index in [1.165, 1.54) is 75.3 Å². The van der Waals surface area contributed by atoms with E-state index in [9.17, 15) is 4.79 Å². The average molecular weight is 385 g/mol. The average Bonchev–Trinajstić information content (AvgIpc) is 2.74. The van der Waals surface area contributed by atoms with Crippen molar-refractivity contribution in [1.29, 1.82) is 0 Å². The van der Waals surface area contributed by atoms with E-state index >= 15 is 0 Å². The first kappa shape index (κ1) is 21.4. The van der Waals surface area contributed by atoms with Gasteiger partial charge >= 0.3 is 5.97 Å². The van der Waals surface area contributed by atoms with Crippen molar-refractivity contribution >= 4 is 5.97 Å². The van der Waals surface area contributed by atoms with E-state index < -0.39 is 5.97 Å². The molecule has 1 aromatic carbocycles. The quantitative estimate of drug-likeness (QED) is 0.451. The van der Waals surface area contributed by atoms with Crippen molar-refractivity contribution in [3.05, 3.63) is 35.4 Å². The molecule has 2 saturated carbocycles. The van der Waals surface area contributed by atoms with Crippen LogP contribution in [-0.2, 0) is 11.2 Å². The number of aryl methyl sites for hydroxylation is 1. The van der Waals surface area contributed by atoms with E-state index in [0.29, 0.717) is 5.92 Å². The molecule has 2 aliphatic rings. The first-order chi connectivity index (χ1) is 13.7. The fourth-order valence-electron chi connectivity index (χ4n) is 5.49. The summed E-state index contributed by atoms with van der Waals surface area (Å²) in [5.74, 6) is 1.79. The summed E-state index contributed by atoms with van der Waals surface area (Å²) in [4.78, 5) is 11.1. The van der Waals surface area contributed by atoms with Gasteiger partial charge in [0.2, 0.25) is 0 Å². The minimum atomic E-state index is -0.608. The van der Waals surface area contributed by atoms with Crippen LogP contribution >= 0.6 is 0 Å². The Morgan fingerprint density at radius 2 is 1.46 bits per heavy atom. The van der Waals surface area contributed by atoms with Crippen LogP contribution < -0.4 is 0 Å². The SMILES string of the molecule is CCCCCC1CCC(CCc2ccc(C3CCC(C(=O)O)CC3)cc2)CC1. The van der Waals surface area contributed by atoms with Gasteiger partial charge in [0.25, 0.3) is 0 Å². The first-order valence-corrected chi connectivity index (χ1v) is 12.0. The van der Waals surface area contributed by atoms with Gasteiger partial charge in [0.15, 0.2) is 0 Å². The summed E-state index contributed by atoms with van der Waals surface area (Å²) in [7, 11) is 0. The molecule has 0 atom stereocenters. The van der Waals surface area contributed by atoms with E-state index in [-0.39, 0.29) is 5.92 Å². The van der Waals surface area contributed by atoms with E-state index in [1.54, 1.807) is 0 Å². The van der Waals surface area contributed by atoms with Gasteiger partial charge in [0, 0.05) is 0 Å². The van der Waals surface area contributed by atoms with Gasteiger partial charge in [-0.1, -0.05) is 82.6 Å². The molecule has 0 saturated heterocycles. The van der Waals surface area contributed by atoms with Crippen LogP contribution in [0.15, 0.2) is 24.3 Å². The van der Waals surface area contributed by atoms with Crippen LogP contribution in [0, 0.1) is 17.8 Å². The number of aliphatic carboxylic acids is 1. The molecule has 2 heteroatoms. The van der Waals surface area contributed by atoms with Gasteiger partial charge in [-0.05, 0) is 67.4 Å². The molecule has 0 amide bonds. The lowest BCUT2D eigenvalue weighted by atomic mass is 9.77. The Morgan fingerprint density at radius 3 is 2.04 bits per heavy atom. The van der Waals surface area contributed by atoms with Crippen molar-refractivity contribution in [2.45, 2.75) is 103 Å². The van der Waals surface area contributed by atoms with E-state index in [1.807, 2.05) is 0 Å². The smallest absolute Gasteiger partial charge is 0.306 e. The Balaban J connectivity index is 1.37. The van der Waals surface area contributed by atoms with Gasteiger partial charge in [-0.3, -0.25) is 4.79 Å². The Morgan fingerprint density at radius 1 is 0.857 bits per heavy atom. The third-order valence-corrected chi connectivity index (χ3v) is 7.55. The third kappa shape index (κ3) is 6.36. The van der Waals surface area contributed by atoms with Gasteiger partial charge in [0.1, 0.15) is 0 Å². The van der Waals surface area contributed by atoms with Crippen molar-refractivity contribution in [2.24, 2.45) is 17.8 Å². The molecule has 0 bridgehead atoms. The molecule has 0 heterocycles. The highest BCUT2D eigenvalue weighted by Crippen LogP contribution is 2.37. The molecule has 0 aliphatic heterocycles. The van der Waals surface area contributed by atoms with Crippen LogP contribution in [-0.4, -0.2) is 11.1 Å². The van der Waals surface area contributed by atoms with Crippen LogP contribution in [0.4, 0.5) is 0 Å². The minimum Gasteiger partial charge on any atom is -0.481 e. The molecular weight excluding hydrogens is 344 g/mol. The Kier molecular flexibility index (Phi) is 8.43. The highest BCUT2D eigenvalue weighted by Gasteiger charge is 2.26. The fraction of sp³-hybridized carbons (Fsp3) is 0.731. The molecule has 2 aliphatic carbocycles. The Labute approximate surface area is 172 Å².